The molecule has 0 aliphatic heterocycles. The first-order chi connectivity index (χ1) is 11.2. The van der Waals surface area contributed by atoms with Crippen LogP contribution in [-0.4, -0.2) is 15.5 Å². The molecule has 0 saturated carbocycles. The van der Waals surface area contributed by atoms with E-state index in [4.69, 9.17) is 0 Å². The molecule has 0 atom stereocenters. The number of amides is 1. The van der Waals surface area contributed by atoms with Crippen LogP contribution in [0.3, 0.4) is 0 Å². The van der Waals surface area contributed by atoms with Crippen molar-refractivity contribution in [2.45, 2.75) is 25.8 Å². The molecule has 0 spiro atoms. The number of carbonyl (C=O) groups is 1. The molecule has 4 heteroatoms. The minimum Gasteiger partial charge on any atom is -0.350 e. The minimum absolute atomic E-state index is 0.0795. The van der Waals surface area contributed by atoms with Crippen LogP contribution in [0.1, 0.15) is 24.1 Å². The average Bonchev–Trinajstić information content (AvgIpc) is 2.91. The molecule has 0 radical (unpaired) electrons. The Morgan fingerprint density at radius 2 is 2.00 bits per heavy atom. The predicted octanol–water partition coefficient (Wildman–Crippen LogP) is 3.21. The second-order valence-electron chi connectivity index (χ2n) is 5.73. The van der Waals surface area contributed by atoms with Crippen LogP contribution in [0.2, 0.25) is 0 Å². The van der Waals surface area contributed by atoms with Crippen LogP contribution >= 0.6 is 0 Å². The topological polar surface area (TPSA) is 46.9 Å². The fraction of sp³-hybridized carbons (Fsp3) is 0.263. The summed E-state index contributed by atoms with van der Waals surface area (Å²) in [6.07, 6.45) is 6.20. The van der Waals surface area contributed by atoms with Crippen LogP contribution < -0.4 is 5.32 Å². The summed E-state index contributed by atoms with van der Waals surface area (Å²) in [6.45, 7) is 0.494. The number of para-hydroxylation sites is 1. The summed E-state index contributed by atoms with van der Waals surface area (Å²) in [5.74, 6) is 0.0795. The molecule has 3 aromatic rings. The minimum atomic E-state index is 0.0795. The zero-order valence-electron chi connectivity index (χ0n) is 13.3. The second-order valence-corrected chi connectivity index (χ2v) is 5.73. The number of rotatable bonds is 6. The van der Waals surface area contributed by atoms with Gasteiger partial charge in [-0.25, -0.2) is 0 Å². The summed E-state index contributed by atoms with van der Waals surface area (Å²) in [6, 6.07) is 14.1. The van der Waals surface area contributed by atoms with Crippen LogP contribution in [0.25, 0.3) is 10.9 Å². The molecule has 23 heavy (non-hydrogen) atoms. The number of carbonyl (C=O) groups excluding carboxylic acids is 1. The summed E-state index contributed by atoms with van der Waals surface area (Å²) in [4.78, 5) is 16.1. The van der Waals surface area contributed by atoms with Crippen molar-refractivity contribution in [3.05, 3.63) is 66.1 Å². The first kappa shape index (κ1) is 15.3. The van der Waals surface area contributed by atoms with E-state index in [9.17, 15) is 4.79 Å². The number of fused-ring (bicyclic) bond motifs is 1. The molecule has 118 valence electrons. The number of nitrogens with zero attached hydrogens (tertiary/aromatic N) is 2. The van der Waals surface area contributed by atoms with E-state index >= 15 is 0 Å². The van der Waals surface area contributed by atoms with E-state index in [1.165, 1.54) is 16.5 Å². The Morgan fingerprint density at radius 1 is 1.17 bits per heavy atom. The van der Waals surface area contributed by atoms with Gasteiger partial charge in [-0.1, -0.05) is 24.3 Å². The van der Waals surface area contributed by atoms with Gasteiger partial charge in [0.25, 0.3) is 0 Å². The molecule has 2 aromatic heterocycles. The van der Waals surface area contributed by atoms with Crippen molar-refractivity contribution in [1.29, 1.82) is 0 Å². The highest BCUT2D eigenvalue weighted by molar-refractivity contribution is 5.84. The zero-order valence-corrected chi connectivity index (χ0v) is 13.3. The van der Waals surface area contributed by atoms with E-state index in [0.29, 0.717) is 13.0 Å². The third-order valence-corrected chi connectivity index (χ3v) is 4.02. The van der Waals surface area contributed by atoms with Gasteiger partial charge in [-0.05, 0) is 36.6 Å². The van der Waals surface area contributed by atoms with Crippen LogP contribution in [0.5, 0.6) is 0 Å². The van der Waals surface area contributed by atoms with Crippen molar-refractivity contribution >= 4 is 16.8 Å². The van der Waals surface area contributed by atoms with Crippen LogP contribution in [0.15, 0.2) is 54.9 Å². The number of hydrogen-bond donors (Lipinski definition) is 1. The number of aromatic nitrogens is 2. The van der Waals surface area contributed by atoms with Crippen molar-refractivity contribution < 1.29 is 4.79 Å². The molecule has 4 nitrogen and oxygen atoms in total. The quantitative estimate of drug-likeness (QED) is 0.760. The SMILES string of the molecule is Cn1cc(CCCC(=O)NCc2ccccn2)c2ccccc21. The Morgan fingerprint density at radius 3 is 2.83 bits per heavy atom. The van der Waals surface area contributed by atoms with Gasteiger partial charge in [-0.3, -0.25) is 9.78 Å². The first-order valence-corrected chi connectivity index (χ1v) is 7.93. The van der Waals surface area contributed by atoms with Gasteiger partial charge in [-0.15, -0.1) is 0 Å². The molecule has 3 rings (SSSR count). The predicted molar refractivity (Wildman–Crippen MR) is 91.9 cm³/mol. The van der Waals surface area contributed by atoms with Crippen molar-refractivity contribution in [2.75, 3.05) is 0 Å². The maximum absolute atomic E-state index is 11.9. The number of aryl methyl sites for hydroxylation is 2. The molecule has 0 bridgehead atoms. The lowest BCUT2D eigenvalue weighted by Gasteiger charge is -2.04. The first-order valence-electron chi connectivity index (χ1n) is 7.93. The number of benzene rings is 1. The van der Waals surface area contributed by atoms with Crippen molar-refractivity contribution in [1.82, 2.24) is 14.9 Å². The standard InChI is InChI=1S/C19H21N3O/c1-22-14-15(17-9-2-3-10-18(17)22)7-6-11-19(23)21-13-16-8-4-5-12-20-16/h2-5,8-10,12,14H,6-7,11,13H2,1H3,(H,21,23). The molecule has 0 unspecified atom stereocenters. The van der Waals surface area contributed by atoms with Crippen LogP contribution in [-0.2, 0) is 24.8 Å². The smallest absolute Gasteiger partial charge is 0.220 e. The van der Waals surface area contributed by atoms with Gasteiger partial charge in [0.1, 0.15) is 0 Å². The molecule has 1 aromatic carbocycles. The zero-order chi connectivity index (χ0) is 16.1. The van der Waals surface area contributed by atoms with Gasteiger partial charge in [0.15, 0.2) is 0 Å². The molecular weight excluding hydrogens is 286 g/mol. The average molecular weight is 307 g/mol. The largest absolute Gasteiger partial charge is 0.350 e. The Hall–Kier alpha value is -2.62. The summed E-state index contributed by atoms with van der Waals surface area (Å²) in [7, 11) is 2.06. The lowest BCUT2D eigenvalue weighted by Crippen LogP contribution is -2.22. The lowest BCUT2D eigenvalue weighted by molar-refractivity contribution is -0.121. The highest BCUT2D eigenvalue weighted by Crippen LogP contribution is 2.21. The fourth-order valence-electron chi connectivity index (χ4n) is 2.84. The molecule has 0 aliphatic rings. The molecule has 1 N–H and O–H groups in total. The Balaban J connectivity index is 1.50. The van der Waals surface area contributed by atoms with Gasteiger partial charge < -0.3 is 9.88 Å². The molecule has 1 amide bonds. The maximum atomic E-state index is 11.9. The third-order valence-electron chi connectivity index (χ3n) is 4.02. The fourth-order valence-corrected chi connectivity index (χ4v) is 2.84. The van der Waals surface area contributed by atoms with E-state index < -0.39 is 0 Å². The van der Waals surface area contributed by atoms with Crippen molar-refractivity contribution in [3.63, 3.8) is 0 Å². The third kappa shape index (κ3) is 3.77. The van der Waals surface area contributed by atoms with Crippen molar-refractivity contribution in [3.8, 4) is 0 Å². The number of pyridine rings is 1. The van der Waals surface area contributed by atoms with E-state index in [0.717, 1.165) is 18.5 Å². The van der Waals surface area contributed by atoms with Gasteiger partial charge in [0.05, 0.1) is 12.2 Å². The van der Waals surface area contributed by atoms with Crippen molar-refractivity contribution in [2.24, 2.45) is 7.05 Å². The highest BCUT2D eigenvalue weighted by atomic mass is 16.1. The number of nitrogens with one attached hydrogen (secondary N) is 1. The van der Waals surface area contributed by atoms with E-state index in [1.807, 2.05) is 18.2 Å². The maximum Gasteiger partial charge on any atom is 0.220 e. The molecule has 0 aliphatic carbocycles. The second kappa shape index (κ2) is 7.09. The summed E-state index contributed by atoms with van der Waals surface area (Å²) < 4.78 is 2.14. The molecule has 2 heterocycles. The van der Waals surface area contributed by atoms with Gasteiger partial charge in [-0.2, -0.15) is 0 Å². The van der Waals surface area contributed by atoms with E-state index in [1.54, 1.807) is 6.20 Å². The number of hydrogen-bond acceptors (Lipinski definition) is 2. The lowest BCUT2D eigenvalue weighted by atomic mass is 10.1. The van der Waals surface area contributed by atoms with Gasteiger partial charge >= 0.3 is 0 Å². The van der Waals surface area contributed by atoms with E-state index in [-0.39, 0.29) is 5.91 Å². The monoisotopic (exact) mass is 307 g/mol. The summed E-state index contributed by atoms with van der Waals surface area (Å²) in [5, 5.41) is 4.20. The normalized spacial score (nSPS) is 10.8. The Kier molecular flexibility index (Phi) is 4.71. The van der Waals surface area contributed by atoms with Gasteiger partial charge in [0, 0.05) is 36.8 Å². The van der Waals surface area contributed by atoms with E-state index in [2.05, 4.69) is 52.4 Å². The molecule has 0 saturated heterocycles. The van der Waals surface area contributed by atoms with Crippen LogP contribution in [0, 0.1) is 0 Å². The van der Waals surface area contributed by atoms with Gasteiger partial charge in [0.2, 0.25) is 5.91 Å². The Bertz CT molecular complexity index is 793. The summed E-state index contributed by atoms with van der Waals surface area (Å²) in [5.41, 5.74) is 3.43. The Labute approximate surface area is 136 Å². The summed E-state index contributed by atoms with van der Waals surface area (Å²) >= 11 is 0. The van der Waals surface area contributed by atoms with Crippen LogP contribution in [0.4, 0.5) is 0 Å². The molecule has 0 fully saturated rings. The highest BCUT2D eigenvalue weighted by Gasteiger charge is 2.07. The molecular formula is C19H21N3O.